The molecule has 2 aromatic carbocycles. The fourth-order valence-electron chi connectivity index (χ4n) is 3.40. The molecule has 1 aromatic heterocycles. The van der Waals surface area contributed by atoms with Gasteiger partial charge in [0.05, 0.1) is 6.61 Å². The summed E-state index contributed by atoms with van der Waals surface area (Å²) in [6, 6.07) is 9.04. The van der Waals surface area contributed by atoms with Crippen LogP contribution in [0, 0.1) is 6.92 Å². The van der Waals surface area contributed by atoms with Crippen molar-refractivity contribution >= 4 is 28.9 Å². The molecule has 0 saturated carbocycles. The summed E-state index contributed by atoms with van der Waals surface area (Å²) in [6.07, 6.45) is 0. The molecule has 0 bridgehead atoms. The molecule has 0 aliphatic rings. The minimum absolute atomic E-state index is 0.132. The number of thiophene rings is 1. The van der Waals surface area contributed by atoms with E-state index in [1.807, 2.05) is 31.4 Å². The first kappa shape index (κ1) is 21.3. The molecule has 0 atom stereocenters. The van der Waals surface area contributed by atoms with Gasteiger partial charge in [-0.1, -0.05) is 13.0 Å². The van der Waals surface area contributed by atoms with Crippen LogP contribution in [0.1, 0.15) is 36.7 Å². The highest BCUT2D eigenvalue weighted by Gasteiger charge is 2.22. The maximum absolute atomic E-state index is 12.0. The lowest BCUT2D eigenvalue weighted by Crippen LogP contribution is -2.02. The molecule has 0 aliphatic carbocycles. The molecule has 0 radical (unpaired) electrons. The van der Waals surface area contributed by atoms with Crippen molar-refractivity contribution in [3.8, 4) is 38.8 Å². The van der Waals surface area contributed by atoms with E-state index in [1.165, 1.54) is 13.0 Å². The molecule has 3 rings (SSSR count). The second-order valence-electron chi connectivity index (χ2n) is 6.54. The van der Waals surface area contributed by atoms with Crippen molar-refractivity contribution in [2.24, 2.45) is 0 Å². The number of Topliss-reactive ketones (excluding diaryl/α,β-unsaturated/α-hetero) is 1. The van der Waals surface area contributed by atoms with Crippen LogP contribution in [0.2, 0.25) is 0 Å². The summed E-state index contributed by atoms with van der Waals surface area (Å²) in [5.74, 6) is 0.866. The van der Waals surface area contributed by atoms with Gasteiger partial charge in [0.25, 0.3) is 0 Å². The summed E-state index contributed by atoms with van der Waals surface area (Å²) in [5, 5.41) is 23.5. The first-order chi connectivity index (χ1) is 13.9. The van der Waals surface area contributed by atoms with Crippen LogP contribution < -0.4 is 4.74 Å². The maximum Gasteiger partial charge on any atom is 0.167 e. The number of hydrogen-bond donors (Lipinski definition) is 2. The largest absolute Gasteiger partial charge is 0.507 e. The van der Waals surface area contributed by atoms with Crippen LogP contribution >= 0.6 is 23.1 Å². The number of hydrogen-bond acceptors (Lipinski definition) is 6. The molecule has 0 aliphatic heterocycles. The Bertz CT molecular complexity index is 1040. The van der Waals surface area contributed by atoms with E-state index in [4.69, 9.17) is 4.74 Å². The van der Waals surface area contributed by atoms with Gasteiger partial charge in [-0.2, -0.15) is 0 Å². The van der Waals surface area contributed by atoms with E-state index in [-0.39, 0.29) is 22.8 Å². The smallest absolute Gasteiger partial charge is 0.167 e. The number of thioether (sulfide) groups is 1. The van der Waals surface area contributed by atoms with Gasteiger partial charge in [0.2, 0.25) is 0 Å². The highest BCUT2D eigenvalue weighted by atomic mass is 32.2. The first-order valence-corrected chi connectivity index (χ1v) is 11.3. The number of phenolic OH excluding ortho intramolecular Hbond substituents is 2. The molecule has 29 heavy (non-hydrogen) atoms. The fraction of sp³-hybridized carbons (Fsp3) is 0.261. The Morgan fingerprint density at radius 3 is 2.52 bits per heavy atom. The Balaban J connectivity index is 2.28. The number of aromatic hydroxyl groups is 2. The lowest BCUT2D eigenvalue weighted by molar-refractivity contribution is 0.101. The Kier molecular flexibility index (Phi) is 6.55. The molecular weight excluding hydrogens is 404 g/mol. The Morgan fingerprint density at radius 2 is 1.93 bits per heavy atom. The van der Waals surface area contributed by atoms with Gasteiger partial charge in [0, 0.05) is 15.3 Å². The molecule has 152 valence electrons. The van der Waals surface area contributed by atoms with Crippen LogP contribution in [0.3, 0.4) is 0 Å². The third kappa shape index (κ3) is 4.14. The van der Waals surface area contributed by atoms with Crippen molar-refractivity contribution in [3.63, 3.8) is 0 Å². The summed E-state index contributed by atoms with van der Waals surface area (Å²) < 4.78 is 5.63. The highest BCUT2D eigenvalue weighted by molar-refractivity contribution is 7.99. The zero-order valence-corrected chi connectivity index (χ0v) is 18.5. The number of rotatable bonds is 7. The minimum atomic E-state index is -0.269. The van der Waals surface area contributed by atoms with Crippen molar-refractivity contribution < 1.29 is 19.7 Å². The van der Waals surface area contributed by atoms with Crippen LogP contribution in [0.15, 0.2) is 40.6 Å². The van der Waals surface area contributed by atoms with E-state index in [2.05, 4.69) is 6.92 Å². The van der Waals surface area contributed by atoms with Crippen molar-refractivity contribution in [3.05, 3.63) is 46.8 Å². The van der Waals surface area contributed by atoms with E-state index in [0.717, 1.165) is 26.7 Å². The van der Waals surface area contributed by atoms with Gasteiger partial charge in [0.1, 0.15) is 22.8 Å². The topological polar surface area (TPSA) is 66.8 Å². The monoisotopic (exact) mass is 428 g/mol. The highest BCUT2D eigenvalue weighted by Crippen LogP contribution is 2.47. The van der Waals surface area contributed by atoms with E-state index < -0.39 is 0 Å². The summed E-state index contributed by atoms with van der Waals surface area (Å²) in [6.45, 7) is 7.69. The van der Waals surface area contributed by atoms with Gasteiger partial charge in [-0.3, -0.25) is 4.79 Å². The van der Waals surface area contributed by atoms with Crippen molar-refractivity contribution in [1.29, 1.82) is 0 Å². The summed E-state index contributed by atoms with van der Waals surface area (Å²) in [7, 11) is 0. The summed E-state index contributed by atoms with van der Waals surface area (Å²) in [4.78, 5) is 14.0. The van der Waals surface area contributed by atoms with Gasteiger partial charge in [-0.25, -0.2) is 0 Å². The fourth-order valence-corrected chi connectivity index (χ4v) is 5.18. The predicted octanol–water partition coefficient (Wildman–Crippen LogP) is 6.52. The maximum atomic E-state index is 12.0. The Labute approximate surface area is 179 Å². The third-order valence-electron chi connectivity index (χ3n) is 4.61. The van der Waals surface area contributed by atoms with Crippen molar-refractivity contribution in [2.75, 3.05) is 12.4 Å². The molecule has 1 heterocycles. The molecule has 0 fully saturated rings. The van der Waals surface area contributed by atoms with Crippen LogP contribution in [0.5, 0.6) is 17.2 Å². The van der Waals surface area contributed by atoms with Gasteiger partial charge in [0.15, 0.2) is 5.78 Å². The second-order valence-corrected chi connectivity index (χ2v) is 8.76. The molecule has 4 nitrogen and oxygen atoms in total. The normalized spacial score (nSPS) is 10.9. The molecule has 0 saturated heterocycles. The molecule has 0 unspecified atom stereocenters. The number of carbonyl (C=O) groups excluding carboxylic acids is 1. The van der Waals surface area contributed by atoms with E-state index in [0.29, 0.717) is 23.5 Å². The summed E-state index contributed by atoms with van der Waals surface area (Å²) >= 11 is 3.27. The quantitative estimate of drug-likeness (QED) is 0.331. The van der Waals surface area contributed by atoms with Gasteiger partial charge >= 0.3 is 0 Å². The lowest BCUT2D eigenvalue weighted by atomic mass is 9.95. The number of ketones is 1. The molecule has 6 heteroatoms. The zero-order valence-electron chi connectivity index (χ0n) is 16.9. The van der Waals surface area contributed by atoms with E-state index in [1.54, 1.807) is 35.2 Å². The number of phenols is 2. The SMILES string of the molecule is CCOc1cc(-c2c(O)cc(-c3cccs3)c(C)c2SCC)cc(O)c1C(C)=O. The van der Waals surface area contributed by atoms with E-state index in [9.17, 15) is 15.0 Å². The number of ether oxygens (including phenoxy) is 1. The minimum Gasteiger partial charge on any atom is -0.507 e. The molecule has 0 amide bonds. The van der Waals surface area contributed by atoms with Crippen LogP contribution in [0.25, 0.3) is 21.6 Å². The standard InChI is InChI=1S/C23H24O4S2/c1-5-27-19-11-15(10-17(25)21(19)14(4)24)22-18(26)12-16(20-8-7-9-29-20)13(3)23(22)28-6-2/h7-12,25-26H,5-6H2,1-4H3. The molecular formula is C23H24O4S2. The molecule has 3 aromatic rings. The average molecular weight is 429 g/mol. The van der Waals surface area contributed by atoms with Gasteiger partial charge < -0.3 is 14.9 Å². The van der Waals surface area contributed by atoms with Gasteiger partial charge in [-0.15, -0.1) is 23.1 Å². The number of carbonyl (C=O) groups is 1. The van der Waals surface area contributed by atoms with Crippen LogP contribution in [-0.4, -0.2) is 28.4 Å². The van der Waals surface area contributed by atoms with Crippen molar-refractivity contribution in [1.82, 2.24) is 0 Å². The molecule has 0 spiro atoms. The van der Waals surface area contributed by atoms with Crippen LogP contribution in [0.4, 0.5) is 0 Å². The summed E-state index contributed by atoms with van der Waals surface area (Å²) in [5.41, 5.74) is 3.48. The van der Waals surface area contributed by atoms with E-state index >= 15 is 0 Å². The zero-order chi connectivity index (χ0) is 21.1. The Morgan fingerprint density at radius 1 is 1.17 bits per heavy atom. The molecule has 2 N–H and O–H groups in total. The second kappa shape index (κ2) is 8.93. The lowest BCUT2D eigenvalue weighted by Gasteiger charge is -2.19. The number of benzene rings is 2. The third-order valence-corrected chi connectivity index (χ3v) is 6.60. The van der Waals surface area contributed by atoms with Crippen molar-refractivity contribution in [2.45, 2.75) is 32.6 Å². The van der Waals surface area contributed by atoms with Crippen LogP contribution in [-0.2, 0) is 0 Å². The van der Waals surface area contributed by atoms with Gasteiger partial charge in [-0.05, 0) is 72.9 Å². The average Bonchev–Trinajstić information content (AvgIpc) is 3.18. The Hall–Kier alpha value is -2.44. The predicted molar refractivity (Wildman–Crippen MR) is 121 cm³/mol. The first-order valence-electron chi connectivity index (χ1n) is 9.43.